The number of carbonyl (C=O) groups excluding carboxylic acids is 2. The minimum Gasteiger partial charge on any atom is -0.548 e. The minimum absolute atomic E-state index is 0.274. The van der Waals surface area contributed by atoms with Crippen LogP contribution >= 0.6 is 0 Å². The van der Waals surface area contributed by atoms with Crippen LogP contribution in [0.15, 0.2) is 21.3 Å². The Morgan fingerprint density at radius 2 is 1.79 bits per heavy atom. The second kappa shape index (κ2) is 8.46. The number of carboxylic acid groups (broad SMARTS) is 1. The number of benzene rings is 1. The molecule has 0 radical (unpaired) electrons. The van der Waals surface area contributed by atoms with E-state index in [1.807, 2.05) is 13.8 Å². The Bertz CT molecular complexity index is 962. The van der Waals surface area contributed by atoms with Crippen molar-refractivity contribution < 1.29 is 23.8 Å². The Morgan fingerprint density at radius 3 is 2.36 bits per heavy atom. The Labute approximate surface area is 163 Å². The Balaban J connectivity index is 2.27. The van der Waals surface area contributed by atoms with Crippen LogP contribution in [-0.4, -0.2) is 24.0 Å². The molecule has 1 heterocycles. The summed E-state index contributed by atoms with van der Waals surface area (Å²) in [7, 11) is 0. The maximum atomic E-state index is 12.4. The third kappa shape index (κ3) is 4.18. The van der Waals surface area contributed by atoms with Crippen molar-refractivity contribution in [1.82, 2.24) is 5.32 Å². The lowest BCUT2D eigenvalue weighted by atomic mass is 9.99. The molecule has 0 fully saturated rings. The van der Waals surface area contributed by atoms with Crippen molar-refractivity contribution in [3.63, 3.8) is 0 Å². The van der Waals surface area contributed by atoms with Crippen molar-refractivity contribution in [2.45, 2.75) is 60.1 Å². The molecule has 28 heavy (non-hydrogen) atoms. The molecule has 2 rings (SSSR count). The normalized spacial score (nSPS) is 14.4. The van der Waals surface area contributed by atoms with Crippen LogP contribution in [0.25, 0.3) is 11.0 Å². The number of amides is 1. The Kier molecular flexibility index (Phi) is 6.48. The summed E-state index contributed by atoms with van der Waals surface area (Å²) in [5.41, 5.74) is 1.96. The van der Waals surface area contributed by atoms with E-state index >= 15 is 0 Å². The van der Waals surface area contributed by atoms with E-state index in [1.54, 1.807) is 32.9 Å². The highest BCUT2D eigenvalue weighted by atomic mass is 16.5. The summed E-state index contributed by atoms with van der Waals surface area (Å²) >= 11 is 0. The molecule has 0 spiro atoms. The molecule has 1 amide bonds. The topological polar surface area (TPSA) is 109 Å². The van der Waals surface area contributed by atoms with Crippen molar-refractivity contribution in [2.24, 2.45) is 5.92 Å². The minimum atomic E-state index is -1.33. The summed E-state index contributed by atoms with van der Waals surface area (Å²) < 4.78 is 11.1. The Morgan fingerprint density at radius 1 is 1.14 bits per heavy atom. The SMILES string of the molecule is CC[C@H](C)[C@H](NC(=O)[C@H](C)Oc1ccc2c(C)c(C)c(=O)oc2c1C)C(=O)[O-]. The van der Waals surface area contributed by atoms with Gasteiger partial charge in [0.25, 0.3) is 5.91 Å². The van der Waals surface area contributed by atoms with Gasteiger partial charge in [-0.05, 0) is 51.3 Å². The van der Waals surface area contributed by atoms with Crippen LogP contribution < -0.4 is 20.8 Å². The lowest BCUT2D eigenvalue weighted by Gasteiger charge is -2.27. The maximum Gasteiger partial charge on any atom is 0.339 e. The number of nitrogens with one attached hydrogen (secondary N) is 1. The van der Waals surface area contributed by atoms with E-state index in [4.69, 9.17) is 9.15 Å². The van der Waals surface area contributed by atoms with E-state index < -0.39 is 29.6 Å². The van der Waals surface area contributed by atoms with Gasteiger partial charge in [0.2, 0.25) is 0 Å². The number of rotatable bonds is 7. The molecule has 0 aliphatic heterocycles. The number of hydrogen-bond donors (Lipinski definition) is 1. The van der Waals surface area contributed by atoms with Crippen molar-refractivity contribution >= 4 is 22.8 Å². The highest BCUT2D eigenvalue weighted by Gasteiger charge is 2.24. The number of carboxylic acids is 1. The van der Waals surface area contributed by atoms with Gasteiger partial charge >= 0.3 is 5.63 Å². The number of ether oxygens (including phenoxy) is 1. The van der Waals surface area contributed by atoms with Crippen molar-refractivity contribution in [3.05, 3.63) is 39.2 Å². The van der Waals surface area contributed by atoms with Crippen LogP contribution in [0.1, 0.15) is 43.9 Å². The van der Waals surface area contributed by atoms with E-state index in [-0.39, 0.29) is 5.92 Å². The summed E-state index contributed by atoms with van der Waals surface area (Å²) in [6.45, 7) is 10.4. The molecule has 0 aliphatic rings. The molecule has 1 aromatic heterocycles. The van der Waals surface area contributed by atoms with Gasteiger partial charge in [0, 0.05) is 16.5 Å². The average molecular weight is 388 g/mol. The molecule has 1 N–H and O–H groups in total. The molecule has 7 heteroatoms. The van der Waals surface area contributed by atoms with Gasteiger partial charge in [-0.15, -0.1) is 0 Å². The zero-order valence-corrected chi connectivity index (χ0v) is 17.0. The highest BCUT2D eigenvalue weighted by Crippen LogP contribution is 2.29. The summed E-state index contributed by atoms with van der Waals surface area (Å²) in [6, 6.07) is 2.39. The second-order valence-corrected chi connectivity index (χ2v) is 7.16. The molecule has 152 valence electrons. The van der Waals surface area contributed by atoms with E-state index in [0.717, 1.165) is 10.9 Å². The molecule has 0 unspecified atom stereocenters. The van der Waals surface area contributed by atoms with Crippen molar-refractivity contribution in [1.29, 1.82) is 0 Å². The smallest absolute Gasteiger partial charge is 0.339 e. The van der Waals surface area contributed by atoms with Gasteiger partial charge in [0.15, 0.2) is 6.10 Å². The molecule has 0 saturated heterocycles. The summed E-state index contributed by atoms with van der Waals surface area (Å²) in [5, 5.41) is 14.6. The van der Waals surface area contributed by atoms with Gasteiger partial charge in [-0.3, -0.25) is 4.79 Å². The van der Waals surface area contributed by atoms with Gasteiger partial charge in [0.05, 0.1) is 12.0 Å². The first-order chi connectivity index (χ1) is 13.1. The fourth-order valence-corrected chi connectivity index (χ4v) is 2.94. The maximum absolute atomic E-state index is 12.4. The molecule has 7 nitrogen and oxygen atoms in total. The Hall–Kier alpha value is -2.83. The summed E-state index contributed by atoms with van der Waals surface area (Å²) in [5.74, 6) is -1.78. The molecule has 2 aromatic rings. The lowest BCUT2D eigenvalue weighted by Crippen LogP contribution is -2.54. The first-order valence-corrected chi connectivity index (χ1v) is 9.29. The second-order valence-electron chi connectivity index (χ2n) is 7.16. The molecule has 0 aliphatic carbocycles. The number of fused-ring (bicyclic) bond motifs is 1. The van der Waals surface area contributed by atoms with Crippen LogP contribution in [0.4, 0.5) is 0 Å². The molecule has 1 aromatic carbocycles. The number of aliphatic carboxylic acids is 1. The first-order valence-electron chi connectivity index (χ1n) is 9.29. The largest absolute Gasteiger partial charge is 0.548 e. The van der Waals surface area contributed by atoms with Crippen LogP contribution in [0.2, 0.25) is 0 Å². The van der Waals surface area contributed by atoms with Crippen LogP contribution in [-0.2, 0) is 9.59 Å². The predicted octanol–water partition coefficient (Wildman–Crippen LogP) is 1.77. The van der Waals surface area contributed by atoms with Gasteiger partial charge in [-0.2, -0.15) is 0 Å². The fraction of sp³-hybridized carbons (Fsp3) is 0.476. The van der Waals surface area contributed by atoms with Crippen molar-refractivity contribution in [3.8, 4) is 5.75 Å². The highest BCUT2D eigenvalue weighted by molar-refractivity contribution is 5.87. The van der Waals surface area contributed by atoms with Gasteiger partial charge in [-0.25, -0.2) is 4.79 Å². The zero-order valence-electron chi connectivity index (χ0n) is 17.0. The van der Waals surface area contributed by atoms with E-state index in [9.17, 15) is 19.5 Å². The lowest BCUT2D eigenvalue weighted by molar-refractivity contribution is -0.309. The van der Waals surface area contributed by atoms with Crippen molar-refractivity contribution in [2.75, 3.05) is 0 Å². The number of hydrogen-bond acceptors (Lipinski definition) is 6. The van der Waals surface area contributed by atoms with Gasteiger partial charge < -0.3 is 24.4 Å². The zero-order chi connectivity index (χ0) is 21.2. The van der Waals surface area contributed by atoms with Gasteiger partial charge in [0.1, 0.15) is 11.3 Å². The number of aryl methyl sites for hydroxylation is 2. The monoisotopic (exact) mass is 388 g/mol. The number of carbonyl (C=O) groups is 2. The third-order valence-corrected chi connectivity index (χ3v) is 5.26. The fourth-order valence-electron chi connectivity index (χ4n) is 2.94. The van der Waals surface area contributed by atoms with Crippen LogP contribution in [0.5, 0.6) is 5.75 Å². The summed E-state index contributed by atoms with van der Waals surface area (Å²) in [6.07, 6.45) is -0.365. The summed E-state index contributed by atoms with van der Waals surface area (Å²) in [4.78, 5) is 35.7. The van der Waals surface area contributed by atoms with E-state index in [2.05, 4.69) is 5.32 Å². The molecule has 0 saturated carbocycles. The molecular weight excluding hydrogens is 362 g/mol. The third-order valence-electron chi connectivity index (χ3n) is 5.26. The van der Waals surface area contributed by atoms with E-state index in [1.165, 1.54) is 6.92 Å². The molecule has 3 atom stereocenters. The average Bonchev–Trinajstić information content (AvgIpc) is 2.65. The van der Waals surface area contributed by atoms with Gasteiger partial charge in [-0.1, -0.05) is 20.3 Å². The predicted molar refractivity (Wildman–Crippen MR) is 103 cm³/mol. The van der Waals surface area contributed by atoms with E-state index in [0.29, 0.717) is 28.9 Å². The molecular formula is C21H26NO6-. The first kappa shape index (κ1) is 21.5. The quantitative estimate of drug-likeness (QED) is 0.724. The molecule has 0 bridgehead atoms. The van der Waals surface area contributed by atoms with Crippen LogP contribution in [0.3, 0.4) is 0 Å². The standard InChI is InChI=1S/C21H27NO6/c1-7-10(2)17(20(24)25)22-19(23)14(6)27-16-9-8-15-11(3)12(4)21(26)28-18(15)13(16)5/h8-10,14,17H,7H2,1-6H3,(H,22,23)(H,24,25)/p-1/t10-,14-,17-/m0/s1. The van der Waals surface area contributed by atoms with Crippen LogP contribution in [0, 0.1) is 26.7 Å².